The van der Waals surface area contributed by atoms with Crippen molar-refractivity contribution in [2.24, 2.45) is 5.73 Å². The average molecular weight is 260 g/mol. The lowest BCUT2D eigenvalue weighted by Crippen LogP contribution is -2.36. The molecule has 1 aromatic carbocycles. The van der Waals surface area contributed by atoms with Gasteiger partial charge in [-0.15, -0.1) is 0 Å². The molecule has 4 nitrogen and oxygen atoms in total. The number of oxazole rings is 1. The molecule has 3 rings (SSSR count). The van der Waals surface area contributed by atoms with Gasteiger partial charge in [0.2, 0.25) is 5.89 Å². The number of ether oxygens (including phenoxy) is 1. The summed E-state index contributed by atoms with van der Waals surface area (Å²) in [5.41, 5.74) is 7.65. The predicted octanol–water partition coefficient (Wildman–Crippen LogP) is 3.34. The summed E-state index contributed by atoms with van der Waals surface area (Å²) in [4.78, 5) is 4.60. The van der Waals surface area contributed by atoms with Gasteiger partial charge in [-0.25, -0.2) is 4.98 Å². The fraction of sp³-hybridized carbons (Fsp3) is 0.533. The Balaban J connectivity index is 2.04. The molecule has 0 unspecified atom stereocenters. The van der Waals surface area contributed by atoms with E-state index in [4.69, 9.17) is 14.9 Å². The number of nitrogens with zero attached hydrogens (tertiary/aromatic N) is 1. The molecule has 0 amide bonds. The average Bonchev–Trinajstić information content (AvgIpc) is 2.75. The van der Waals surface area contributed by atoms with Crippen LogP contribution >= 0.6 is 0 Å². The minimum Gasteiger partial charge on any atom is -0.494 e. The lowest BCUT2D eigenvalue weighted by molar-refractivity contribution is 0.301. The van der Waals surface area contributed by atoms with Crippen LogP contribution in [0.1, 0.15) is 44.4 Å². The maximum absolute atomic E-state index is 6.54. The molecule has 0 radical (unpaired) electrons. The van der Waals surface area contributed by atoms with Crippen LogP contribution in [0.2, 0.25) is 0 Å². The van der Waals surface area contributed by atoms with Gasteiger partial charge in [-0.05, 0) is 25.0 Å². The van der Waals surface area contributed by atoms with Gasteiger partial charge in [-0.3, -0.25) is 0 Å². The van der Waals surface area contributed by atoms with Gasteiger partial charge in [0.15, 0.2) is 11.1 Å². The molecule has 1 saturated carbocycles. The van der Waals surface area contributed by atoms with Crippen molar-refractivity contribution in [2.45, 2.75) is 44.1 Å². The summed E-state index contributed by atoms with van der Waals surface area (Å²) in [6, 6.07) is 5.71. The van der Waals surface area contributed by atoms with Crippen molar-refractivity contribution in [1.29, 1.82) is 0 Å². The molecule has 2 aromatic rings. The Morgan fingerprint density at radius 3 is 2.63 bits per heavy atom. The molecule has 0 saturated heterocycles. The highest BCUT2D eigenvalue weighted by molar-refractivity contribution is 5.79. The maximum Gasteiger partial charge on any atom is 0.215 e. The van der Waals surface area contributed by atoms with Crippen LogP contribution in [-0.2, 0) is 5.54 Å². The third-order valence-corrected chi connectivity index (χ3v) is 4.02. The zero-order valence-corrected chi connectivity index (χ0v) is 11.3. The van der Waals surface area contributed by atoms with E-state index in [2.05, 4.69) is 4.98 Å². The van der Waals surface area contributed by atoms with Crippen molar-refractivity contribution in [3.05, 3.63) is 24.1 Å². The first-order valence-electron chi connectivity index (χ1n) is 6.96. The van der Waals surface area contributed by atoms with E-state index in [1.807, 2.05) is 18.2 Å². The van der Waals surface area contributed by atoms with Gasteiger partial charge in [0.1, 0.15) is 5.75 Å². The van der Waals surface area contributed by atoms with E-state index in [-0.39, 0.29) is 0 Å². The van der Waals surface area contributed by atoms with Crippen LogP contribution in [0, 0.1) is 0 Å². The van der Waals surface area contributed by atoms with E-state index in [0.29, 0.717) is 5.89 Å². The Morgan fingerprint density at radius 1 is 1.21 bits per heavy atom. The first kappa shape index (κ1) is 12.5. The van der Waals surface area contributed by atoms with E-state index in [0.717, 1.165) is 42.5 Å². The smallest absolute Gasteiger partial charge is 0.215 e. The summed E-state index contributed by atoms with van der Waals surface area (Å²) in [5, 5.41) is 0. The summed E-state index contributed by atoms with van der Waals surface area (Å²) >= 11 is 0. The number of benzene rings is 1. The second-order valence-electron chi connectivity index (χ2n) is 5.40. The third-order valence-electron chi connectivity index (χ3n) is 4.02. The van der Waals surface area contributed by atoms with E-state index in [1.54, 1.807) is 7.11 Å². The predicted molar refractivity (Wildman–Crippen MR) is 74.1 cm³/mol. The standard InChI is InChI=1S/C15H20N2O2/c1-18-11-7-6-8-12-13(11)17-14(19-12)15(16)9-4-2-3-5-10-15/h6-8H,2-5,9-10,16H2,1H3. The molecule has 1 aliphatic carbocycles. The van der Waals surface area contributed by atoms with Gasteiger partial charge in [0.05, 0.1) is 12.6 Å². The molecule has 2 N–H and O–H groups in total. The third kappa shape index (κ3) is 2.21. The van der Waals surface area contributed by atoms with Crippen molar-refractivity contribution in [3.63, 3.8) is 0 Å². The molecule has 0 aliphatic heterocycles. The van der Waals surface area contributed by atoms with Gasteiger partial charge in [-0.1, -0.05) is 31.7 Å². The number of aromatic nitrogens is 1. The fourth-order valence-electron chi connectivity index (χ4n) is 2.87. The zero-order valence-electron chi connectivity index (χ0n) is 11.3. The highest BCUT2D eigenvalue weighted by Crippen LogP contribution is 2.36. The Hall–Kier alpha value is -1.55. The summed E-state index contributed by atoms with van der Waals surface area (Å²) in [5.74, 6) is 1.40. The van der Waals surface area contributed by atoms with Crippen molar-refractivity contribution in [3.8, 4) is 5.75 Å². The van der Waals surface area contributed by atoms with Gasteiger partial charge in [-0.2, -0.15) is 0 Å². The van der Waals surface area contributed by atoms with Crippen LogP contribution in [-0.4, -0.2) is 12.1 Å². The minimum atomic E-state index is -0.416. The van der Waals surface area contributed by atoms with Crippen molar-refractivity contribution in [2.75, 3.05) is 7.11 Å². The first-order chi connectivity index (χ1) is 9.23. The van der Waals surface area contributed by atoms with Gasteiger partial charge >= 0.3 is 0 Å². The second kappa shape index (κ2) is 4.85. The summed E-state index contributed by atoms with van der Waals surface area (Å²) in [6.45, 7) is 0. The van der Waals surface area contributed by atoms with Crippen LogP contribution < -0.4 is 10.5 Å². The topological polar surface area (TPSA) is 61.3 Å². The van der Waals surface area contributed by atoms with Crippen LogP contribution in [0.25, 0.3) is 11.1 Å². The molecule has 0 atom stereocenters. The molecule has 19 heavy (non-hydrogen) atoms. The fourth-order valence-corrected chi connectivity index (χ4v) is 2.87. The molecular formula is C15H20N2O2. The lowest BCUT2D eigenvalue weighted by Gasteiger charge is -2.23. The molecule has 4 heteroatoms. The molecule has 102 valence electrons. The van der Waals surface area contributed by atoms with Crippen molar-refractivity contribution >= 4 is 11.1 Å². The number of nitrogens with two attached hydrogens (primary N) is 1. The molecule has 1 aliphatic rings. The van der Waals surface area contributed by atoms with Gasteiger partial charge in [0.25, 0.3) is 0 Å². The van der Waals surface area contributed by atoms with Crippen LogP contribution in [0.5, 0.6) is 5.75 Å². The first-order valence-corrected chi connectivity index (χ1v) is 6.96. The van der Waals surface area contributed by atoms with Crippen molar-refractivity contribution < 1.29 is 9.15 Å². The van der Waals surface area contributed by atoms with E-state index in [1.165, 1.54) is 12.8 Å². The zero-order chi connectivity index (χ0) is 13.3. The van der Waals surface area contributed by atoms with E-state index >= 15 is 0 Å². The largest absolute Gasteiger partial charge is 0.494 e. The van der Waals surface area contributed by atoms with Crippen molar-refractivity contribution in [1.82, 2.24) is 4.98 Å². The Bertz CT molecular complexity index is 569. The Kier molecular flexibility index (Phi) is 3.19. The summed E-state index contributed by atoms with van der Waals surface area (Å²) in [6.07, 6.45) is 6.69. The number of hydrogen-bond donors (Lipinski definition) is 1. The summed E-state index contributed by atoms with van der Waals surface area (Å²) < 4.78 is 11.2. The molecule has 1 heterocycles. The molecule has 0 spiro atoms. The maximum atomic E-state index is 6.54. The minimum absolute atomic E-state index is 0.416. The number of fused-ring (bicyclic) bond motifs is 1. The van der Waals surface area contributed by atoms with Gasteiger partial charge in [0, 0.05) is 0 Å². The number of para-hydroxylation sites is 1. The van der Waals surface area contributed by atoms with Gasteiger partial charge < -0.3 is 14.9 Å². The number of rotatable bonds is 2. The number of hydrogen-bond acceptors (Lipinski definition) is 4. The van der Waals surface area contributed by atoms with Crippen LogP contribution in [0.3, 0.4) is 0 Å². The normalized spacial score (nSPS) is 19.3. The second-order valence-corrected chi connectivity index (χ2v) is 5.40. The van der Waals surface area contributed by atoms with E-state index < -0.39 is 5.54 Å². The summed E-state index contributed by atoms with van der Waals surface area (Å²) in [7, 11) is 1.65. The van der Waals surface area contributed by atoms with E-state index in [9.17, 15) is 0 Å². The molecule has 1 aromatic heterocycles. The lowest BCUT2D eigenvalue weighted by atomic mass is 9.91. The molecular weight excluding hydrogens is 240 g/mol. The Labute approximate surface area is 112 Å². The monoisotopic (exact) mass is 260 g/mol. The SMILES string of the molecule is COc1cccc2oc(C3(N)CCCCCC3)nc12. The molecule has 0 bridgehead atoms. The van der Waals surface area contributed by atoms with Crippen LogP contribution in [0.15, 0.2) is 22.6 Å². The quantitative estimate of drug-likeness (QED) is 0.841. The highest BCUT2D eigenvalue weighted by Gasteiger charge is 2.33. The molecule has 1 fully saturated rings. The number of methoxy groups -OCH3 is 1. The highest BCUT2D eigenvalue weighted by atomic mass is 16.5. The Morgan fingerprint density at radius 2 is 1.95 bits per heavy atom. The van der Waals surface area contributed by atoms with Crippen LogP contribution in [0.4, 0.5) is 0 Å².